The minimum atomic E-state index is -5.45. The minimum Gasteiger partial charge on any atom is -0.298 e. The minimum absolute atomic E-state index is 0.183. The lowest BCUT2D eigenvalue weighted by molar-refractivity contribution is -0.286. The van der Waals surface area contributed by atoms with Gasteiger partial charge in [-0.2, -0.15) is 22.0 Å². The first kappa shape index (κ1) is 12.6. The quantitative estimate of drug-likeness (QED) is 0.637. The van der Waals surface area contributed by atoms with Crippen LogP contribution in [0.15, 0.2) is 0 Å². The van der Waals surface area contributed by atoms with Crippen molar-refractivity contribution in [2.24, 2.45) is 0 Å². The lowest BCUT2D eigenvalue weighted by Crippen LogP contribution is -2.46. The highest BCUT2D eigenvalue weighted by Gasteiger charge is 2.57. The average molecular weight is 205 g/mol. The molecule has 0 aromatic rings. The van der Waals surface area contributed by atoms with E-state index in [4.69, 9.17) is 0 Å². The zero-order chi connectivity index (χ0) is 10.7. The summed E-state index contributed by atoms with van der Waals surface area (Å²) in [6, 6.07) is 0. The maximum absolute atomic E-state index is 12.4. The van der Waals surface area contributed by atoms with Crippen molar-refractivity contribution in [3.05, 3.63) is 0 Å². The van der Waals surface area contributed by atoms with Gasteiger partial charge in [-0.05, 0) is 13.1 Å². The molecule has 0 unspecified atom stereocenters. The van der Waals surface area contributed by atoms with Crippen molar-refractivity contribution in [1.82, 2.24) is 4.90 Å². The third kappa shape index (κ3) is 3.46. The van der Waals surface area contributed by atoms with Gasteiger partial charge in [0.1, 0.15) is 0 Å². The molecule has 0 amide bonds. The standard InChI is InChI=1S/C7H12F5N/c1-3-13(4-2)5-6(8,9)7(10,11)12/h3-5H2,1-2H3. The van der Waals surface area contributed by atoms with Crippen LogP contribution in [0.2, 0.25) is 0 Å². The molecule has 0 fully saturated rings. The molecule has 0 aliphatic rings. The normalized spacial score (nSPS) is 13.8. The molecule has 1 nitrogen and oxygen atoms in total. The molecule has 0 bridgehead atoms. The smallest absolute Gasteiger partial charge is 0.298 e. The van der Waals surface area contributed by atoms with Crippen molar-refractivity contribution in [2.75, 3.05) is 19.6 Å². The second-order valence-electron chi connectivity index (χ2n) is 2.66. The van der Waals surface area contributed by atoms with Crippen LogP contribution in [0.5, 0.6) is 0 Å². The van der Waals surface area contributed by atoms with Gasteiger partial charge in [0.15, 0.2) is 0 Å². The fraction of sp³-hybridized carbons (Fsp3) is 1.00. The third-order valence-electron chi connectivity index (χ3n) is 1.73. The molecule has 13 heavy (non-hydrogen) atoms. The Morgan fingerprint density at radius 3 is 1.54 bits per heavy atom. The highest BCUT2D eigenvalue weighted by Crippen LogP contribution is 2.35. The van der Waals surface area contributed by atoms with E-state index in [0.29, 0.717) is 0 Å². The fourth-order valence-corrected chi connectivity index (χ4v) is 0.818. The van der Waals surface area contributed by atoms with Gasteiger partial charge < -0.3 is 0 Å². The molecule has 0 aliphatic heterocycles. The zero-order valence-electron chi connectivity index (χ0n) is 7.46. The largest absolute Gasteiger partial charge is 0.454 e. The topological polar surface area (TPSA) is 3.24 Å². The Bertz CT molecular complexity index is 149. The van der Waals surface area contributed by atoms with Gasteiger partial charge in [0.25, 0.3) is 0 Å². The van der Waals surface area contributed by atoms with Crippen molar-refractivity contribution in [1.29, 1.82) is 0 Å². The fourth-order valence-electron chi connectivity index (χ4n) is 0.818. The van der Waals surface area contributed by atoms with Crippen molar-refractivity contribution in [3.63, 3.8) is 0 Å². The Labute approximate surface area is 73.5 Å². The van der Waals surface area contributed by atoms with E-state index in [2.05, 4.69) is 0 Å². The predicted octanol–water partition coefficient (Wildman–Crippen LogP) is 2.53. The van der Waals surface area contributed by atoms with Crippen LogP contribution < -0.4 is 0 Å². The monoisotopic (exact) mass is 205 g/mol. The van der Waals surface area contributed by atoms with Crippen LogP contribution in [-0.4, -0.2) is 36.6 Å². The Morgan fingerprint density at radius 2 is 1.31 bits per heavy atom. The molecule has 0 aromatic carbocycles. The summed E-state index contributed by atoms with van der Waals surface area (Å²) in [4.78, 5) is 1.04. The first-order chi connectivity index (χ1) is 5.74. The molecule has 0 aromatic heterocycles. The summed E-state index contributed by atoms with van der Waals surface area (Å²) < 4.78 is 59.8. The number of halogens is 5. The molecular formula is C7H12F5N. The number of alkyl halides is 5. The van der Waals surface area contributed by atoms with Gasteiger partial charge in [-0.3, -0.25) is 4.90 Å². The summed E-state index contributed by atoms with van der Waals surface area (Å²) in [5.74, 6) is -4.61. The maximum atomic E-state index is 12.4. The van der Waals surface area contributed by atoms with Crippen molar-refractivity contribution < 1.29 is 22.0 Å². The summed E-state index contributed by atoms with van der Waals surface area (Å²) >= 11 is 0. The summed E-state index contributed by atoms with van der Waals surface area (Å²) in [7, 11) is 0. The molecule has 0 spiro atoms. The molecule has 80 valence electrons. The summed E-state index contributed by atoms with van der Waals surface area (Å²) in [5, 5.41) is 0. The van der Waals surface area contributed by atoms with Crippen molar-refractivity contribution in [2.45, 2.75) is 25.9 Å². The Morgan fingerprint density at radius 1 is 0.923 bits per heavy atom. The lowest BCUT2D eigenvalue weighted by Gasteiger charge is -2.26. The van der Waals surface area contributed by atoms with Gasteiger partial charge in [-0.1, -0.05) is 13.8 Å². The van der Waals surface area contributed by atoms with Gasteiger partial charge in [-0.15, -0.1) is 0 Å². The summed E-state index contributed by atoms with van der Waals surface area (Å²) in [5.41, 5.74) is 0. The molecule has 0 atom stereocenters. The number of nitrogens with zero attached hydrogens (tertiary/aromatic N) is 1. The highest BCUT2D eigenvalue weighted by molar-refractivity contribution is 4.79. The van der Waals surface area contributed by atoms with Gasteiger partial charge in [0, 0.05) is 0 Å². The SMILES string of the molecule is CCN(CC)CC(F)(F)C(F)(F)F. The average Bonchev–Trinajstić information content (AvgIpc) is 1.98. The molecule has 0 aliphatic carbocycles. The van der Waals surface area contributed by atoms with Crippen molar-refractivity contribution in [3.8, 4) is 0 Å². The van der Waals surface area contributed by atoms with Crippen molar-refractivity contribution >= 4 is 0 Å². The second-order valence-corrected chi connectivity index (χ2v) is 2.66. The molecule has 0 radical (unpaired) electrons. The van der Waals surface area contributed by atoms with E-state index in [1.165, 1.54) is 13.8 Å². The molecule has 0 heterocycles. The summed E-state index contributed by atoms with van der Waals surface area (Å²) in [6.07, 6.45) is -5.45. The van der Waals surface area contributed by atoms with Crippen LogP contribution in [0.4, 0.5) is 22.0 Å². The molecule has 6 heteroatoms. The molecule has 0 N–H and O–H groups in total. The van der Waals surface area contributed by atoms with E-state index < -0.39 is 18.6 Å². The Balaban J connectivity index is 4.31. The highest BCUT2D eigenvalue weighted by atomic mass is 19.4. The van der Waals surface area contributed by atoms with Crippen LogP contribution in [0, 0.1) is 0 Å². The van der Waals surface area contributed by atoms with E-state index >= 15 is 0 Å². The van der Waals surface area contributed by atoms with E-state index in [0.717, 1.165) is 4.90 Å². The molecule has 0 rings (SSSR count). The van der Waals surface area contributed by atoms with E-state index in [9.17, 15) is 22.0 Å². The first-order valence-electron chi connectivity index (χ1n) is 3.91. The third-order valence-corrected chi connectivity index (χ3v) is 1.73. The van der Waals surface area contributed by atoms with E-state index in [-0.39, 0.29) is 13.1 Å². The molecule has 0 saturated heterocycles. The molecular weight excluding hydrogens is 193 g/mol. The number of rotatable bonds is 4. The Kier molecular flexibility index (Phi) is 4.09. The number of hydrogen-bond donors (Lipinski definition) is 0. The van der Waals surface area contributed by atoms with Crippen LogP contribution in [0.3, 0.4) is 0 Å². The maximum Gasteiger partial charge on any atom is 0.454 e. The van der Waals surface area contributed by atoms with Crippen LogP contribution in [-0.2, 0) is 0 Å². The van der Waals surface area contributed by atoms with Crippen LogP contribution >= 0.6 is 0 Å². The Hall–Kier alpha value is -0.390. The van der Waals surface area contributed by atoms with E-state index in [1.54, 1.807) is 0 Å². The van der Waals surface area contributed by atoms with Gasteiger partial charge in [0.05, 0.1) is 6.54 Å². The second kappa shape index (κ2) is 4.21. The van der Waals surface area contributed by atoms with Gasteiger partial charge >= 0.3 is 12.1 Å². The number of hydrogen-bond acceptors (Lipinski definition) is 1. The van der Waals surface area contributed by atoms with Crippen LogP contribution in [0.25, 0.3) is 0 Å². The first-order valence-corrected chi connectivity index (χ1v) is 3.91. The van der Waals surface area contributed by atoms with Crippen LogP contribution in [0.1, 0.15) is 13.8 Å². The van der Waals surface area contributed by atoms with E-state index in [1.807, 2.05) is 0 Å². The lowest BCUT2D eigenvalue weighted by atomic mass is 10.3. The molecule has 0 saturated carbocycles. The summed E-state index contributed by atoms with van der Waals surface area (Å²) in [6.45, 7) is 2.18. The van der Waals surface area contributed by atoms with Gasteiger partial charge in [0.2, 0.25) is 0 Å². The van der Waals surface area contributed by atoms with Gasteiger partial charge in [-0.25, -0.2) is 0 Å². The zero-order valence-corrected chi connectivity index (χ0v) is 7.46. The predicted molar refractivity (Wildman–Crippen MR) is 38.8 cm³/mol.